The molecule has 1 aromatic rings. The number of carbonyl (C=O) groups excluding carboxylic acids is 3. The van der Waals surface area contributed by atoms with Crippen LogP contribution >= 0.6 is 0 Å². The number of nitrogens with one attached hydrogen (secondary N) is 2. The van der Waals surface area contributed by atoms with Crippen LogP contribution in [0, 0.1) is 26.7 Å². The van der Waals surface area contributed by atoms with Gasteiger partial charge in [-0.25, -0.2) is 0 Å². The lowest BCUT2D eigenvalue weighted by Crippen LogP contribution is -2.36. The van der Waals surface area contributed by atoms with E-state index in [0.717, 1.165) is 28.8 Å². The molecule has 0 radical (unpaired) electrons. The summed E-state index contributed by atoms with van der Waals surface area (Å²) in [6, 6.07) is 3.96. The molecule has 0 aliphatic carbocycles. The Morgan fingerprint density at radius 2 is 1.62 bits per heavy atom. The van der Waals surface area contributed by atoms with Crippen molar-refractivity contribution in [1.82, 2.24) is 5.32 Å². The quantitative estimate of drug-likeness (QED) is 0.696. The minimum atomic E-state index is -0.949. The van der Waals surface area contributed by atoms with E-state index in [0.29, 0.717) is 12.3 Å². The SMILES string of the molecule is Cc1cc(C)c(NC(=O)C(C)OC(=O)CNC(=O)CCC(C)C)c(C)c1. The number of esters is 1. The standard InChI is InChI=1S/C20H30N2O4/c1-12(2)7-8-17(23)21-11-18(24)26-16(6)20(25)22-19-14(4)9-13(3)10-15(19)5/h9-10,12,16H,7-8,11H2,1-6H3,(H,21,23)(H,22,25). The lowest BCUT2D eigenvalue weighted by atomic mass is 10.0. The first kappa shape index (κ1) is 21.7. The molecule has 0 saturated heterocycles. The van der Waals surface area contributed by atoms with E-state index in [4.69, 9.17) is 4.74 Å². The summed E-state index contributed by atoms with van der Waals surface area (Å²) in [6.07, 6.45) is 0.178. The molecule has 0 saturated carbocycles. The summed E-state index contributed by atoms with van der Waals surface area (Å²) >= 11 is 0. The van der Waals surface area contributed by atoms with Crippen LogP contribution in [0.1, 0.15) is 50.3 Å². The Morgan fingerprint density at radius 3 is 2.15 bits per heavy atom. The average molecular weight is 362 g/mol. The summed E-state index contributed by atoms with van der Waals surface area (Å²) in [5.41, 5.74) is 3.75. The number of carbonyl (C=O) groups is 3. The van der Waals surface area contributed by atoms with Crippen LogP contribution in [0.2, 0.25) is 0 Å². The highest BCUT2D eigenvalue weighted by molar-refractivity contribution is 5.96. The monoisotopic (exact) mass is 362 g/mol. The summed E-state index contributed by atoms with van der Waals surface area (Å²) < 4.78 is 5.10. The molecule has 1 unspecified atom stereocenters. The van der Waals surface area contributed by atoms with Crippen LogP contribution in [-0.4, -0.2) is 30.4 Å². The molecular formula is C20H30N2O4. The third-order valence-electron chi connectivity index (χ3n) is 3.98. The van der Waals surface area contributed by atoms with Crippen LogP contribution in [0.25, 0.3) is 0 Å². The molecule has 6 nitrogen and oxygen atoms in total. The summed E-state index contributed by atoms with van der Waals surface area (Å²) in [4.78, 5) is 35.7. The van der Waals surface area contributed by atoms with Crippen LogP contribution in [0.15, 0.2) is 12.1 Å². The molecule has 0 bridgehead atoms. The molecular weight excluding hydrogens is 332 g/mol. The first-order valence-corrected chi connectivity index (χ1v) is 8.95. The van der Waals surface area contributed by atoms with Crippen LogP contribution in [-0.2, 0) is 19.1 Å². The lowest BCUT2D eigenvalue weighted by molar-refractivity contribution is -0.152. The molecule has 0 fully saturated rings. The van der Waals surface area contributed by atoms with E-state index in [1.54, 1.807) is 0 Å². The van der Waals surface area contributed by atoms with Crippen molar-refractivity contribution in [3.8, 4) is 0 Å². The summed E-state index contributed by atoms with van der Waals surface area (Å²) in [6.45, 7) is 11.1. The van der Waals surface area contributed by atoms with E-state index in [9.17, 15) is 14.4 Å². The van der Waals surface area contributed by atoms with E-state index in [1.807, 2.05) is 46.8 Å². The maximum atomic E-state index is 12.3. The normalized spacial score (nSPS) is 11.8. The Morgan fingerprint density at radius 1 is 1.04 bits per heavy atom. The van der Waals surface area contributed by atoms with Gasteiger partial charge in [0, 0.05) is 12.1 Å². The molecule has 0 aliphatic rings. The molecule has 1 atom stereocenters. The highest BCUT2D eigenvalue weighted by Crippen LogP contribution is 2.22. The predicted octanol–water partition coefficient (Wildman–Crippen LogP) is 3.03. The fraction of sp³-hybridized carbons (Fsp3) is 0.550. The number of benzene rings is 1. The van der Waals surface area contributed by atoms with Crippen molar-refractivity contribution in [1.29, 1.82) is 0 Å². The van der Waals surface area contributed by atoms with Crippen molar-refractivity contribution >= 4 is 23.5 Å². The smallest absolute Gasteiger partial charge is 0.326 e. The molecule has 144 valence electrons. The number of aryl methyl sites for hydroxylation is 3. The molecule has 0 aliphatic heterocycles. The van der Waals surface area contributed by atoms with Gasteiger partial charge in [0.1, 0.15) is 6.54 Å². The number of anilines is 1. The highest BCUT2D eigenvalue weighted by atomic mass is 16.5. The van der Waals surface area contributed by atoms with Crippen LogP contribution in [0.4, 0.5) is 5.69 Å². The molecule has 2 N–H and O–H groups in total. The average Bonchev–Trinajstić information content (AvgIpc) is 2.53. The van der Waals surface area contributed by atoms with E-state index < -0.39 is 18.0 Å². The topological polar surface area (TPSA) is 84.5 Å². The second kappa shape index (κ2) is 9.94. The third kappa shape index (κ3) is 7.25. The molecule has 1 rings (SSSR count). The van der Waals surface area contributed by atoms with Gasteiger partial charge in [0.25, 0.3) is 5.91 Å². The van der Waals surface area contributed by atoms with Gasteiger partial charge in [-0.05, 0) is 51.2 Å². The zero-order chi connectivity index (χ0) is 19.9. The van der Waals surface area contributed by atoms with Crippen molar-refractivity contribution in [3.63, 3.8) is 0 Å². The van der Waals surface area contributed by atoms with Crippen LogP contribution < -0.4 is 10.6 Å². The summed E-state index contributed by atoms with van der Waals surface area (Å²) in [5.74, 6) is -0.814. The Labute approximate surface area is 155 Å². The molecule has 0 aromatic heterocycles. The minimum Gasteiger partial charge on any atom is -0.451 e. The zero-order valence-electron chi connectivity index (χ0n) is 16.6. The maximum absolute atomic E-state index is 12.3. The zero-order valence-corrected chi connectivity index (χ0v) is 16.6. The predicted molar refractivity (Wildman–Crippen MR) is 102 cm³/mol. The van der Waals surface area contributed by atoms with Gasteiger partial charge < -0.3 is 15.4 Å². The highest BCUT2D eigenvalue weighted by Gasteiger charge is 2.19. The molecule has 26 heavy (non-hydrogen) atoms. The van der Waals surface area contributed by atoms with Crippen molar-refractivity contribution in [3.05, 3.63) is 28.8 Å². The Hall–Kier alpha value is -2.37. The minimum absolute atomic E-state index is 0.196. The number of amides is 2. The number of rotatable bonds is 8. The van der Waals surface area contributed by atoms with E-state index in [1.165, 1.54) is 6.92 Å². The molecule has 0 heterocycles. The van der Waals surface area contributed by atoms with Crippen molar-refractivity contribution in [2.24, 2.45) is 5.92 Å². The number of hydrogen-bond donors (Lipinski definition) is 2. The van der Waals surface area contributed by atoms with E-state index in [-0.39, 0.29) is 12.5 Å². The van der Waals surface area contributed by atoms with Gasteiger partial charge in [-0.1, -0.05) is 31.5 Å². The Kier molecular flexibility index (Phi) is 8.29. The molecule has 2 amide bonds. The van der Waals surface area contributed by atoms with E-state index >= 15 is 0 Å². The van der Waals surface area contributed by atoms with Gasteiger partial charge in [-0.3, -0.25) is 14.4 Å². The Bertz CT molecular complexity index is 645. The van der Waals surface area contributed by atoms with E-state index in [2.05, 4.69) is 10.6 Å². The van der Waals surface area contributed by atoms with Crippen molar-refractivity contribution in [2.45, 2.75) is 60.5 Å². The maximum Gasteiger partial charge on any atom is 0.326 e. The van der Waals surface area contributed by atoms with Crippen LogP contribution in [0.3, 0.4) is 0 Å². The molecule has 1 aromatic carbocycles. The number of ether oxygens (including phenoxy) is 1. The van der Waals surface area contributed by atoms with Crippen molar-refractivity contribution < 1.29 is 19.1 Å². The number of hydrogen-bond acceptors (Lipinski definition) is 4. The van der Waals surface area contributed by atoms with Crippen LogP contribution in [0.5, 0.6) is 0 Å². The van der Waals surface area contributed by atoms with Crippen molar-refractivity contribution in [2.75, 3.05) is 11.9 Å². The molecule has 0 spiro atoms. The second-order valence-corrected chi connectivity index (χ2v) is 7.10. The van der Waals surface area contributed by atoms with Gasteiger partial charge in [-0.2, -0.15) is 0 Å². The Balaban J connectivity index is 2.49. The summed E-state index contributed by atoms with van der Waals surface area (Å²) in [7, 11) is 0. The fourth-order valence-corrected chi connectivity index (χ4v) is 2.57. The third-order valence-corrected chi connectivity index (χ3v) is 3.98. The van der Waals surface area contributed by atoms with Gasteiger partial charge in [-0.15, -0.1) is 0 Å². The lowest BCUT2D eigenvalue weighted by Gasteiger charge is -2.17. The van der Waals surface area contributed by atoms with Gasteiger partial charge in [0.15, 0.2) is 6.10 Å². The second-order valence-electron chi connectivity index (χ2n) is 7.10. The van der Waals surface area contributed by atoms with Gasteiger partial charge >= 0.3 is 5.97 Å². The first-order chi connectivity index (χ1) is 12.1. The van der Waals surface area contributed by atoms with Gasteiger partial charge in [0.05, 0.1) is 0 Å². The first-order valence-electron chi connectivity index (χ1n) is 8.95. The molecule has 6 heteroatoms. The van der Waals surface area contributed by atoms with Gasteiger partial charge in [0.2, 0.25) is 5.91 Å². The summed E-state index contributed by atoms with van der Waals surface area (Å²) in [5, 5.41) is 5.32. The fourth-order valence-electron chi connectivity index (χ4n) is 2.57. The largest absolute Gasteiger partial charge is 0.451 e.